The smallest absolute Gasteiger partial charge is 0.159 e. The highest BCUT2D eigenvalue weighted by molar-refractivity contribution is 8.03. The van der Waals surface area contributed by atoms with Crippen molar-refractivity contribution < 1.29 is 4.74 Å². The first kappa shape index (κ1) is 10.3. The molecular formula is C12H13NOS. The van der Waals surface area contributed by atoms with Gasteiger partial charge in [0.1, 0.15) is 0 Å². The average molecular weight is 219 g/mol. The Kier molecular flexibility index (Phi) is 3.11. The molecule has 2 rings (SSSR count). The Bertz CT molecular complexity index is 423. The van der Waals surface area contributed by atoms with Crippen molar-refractivity contribution in [2.45, 2.75) is 18.7 Å². The van der Waals surface area contributed by atoms with Crippen molar-refractivity contribution in [2.75, 3.05) is 6.61 Å². The number of thioether (sulfide) groups is 1. The number of fused-ring (bicyclic) bond motifs is 1. The van der Waals surface area contributed by atoms with Gasteiger partial charge in [-0.05, 0) is 26.0 Å². The Hall–Kier alpha value is -1.22. The lowest BCUT2D eigenvalue weighted by atomic mass is 10.3. The van der Waals surface area contributed by atoms with Crippen molar-refractivity contribution in [3.8, 4) is 0 Å². The molecule has 0 aliphatic carbocycles. The fraction of sp³-hybridized carbons (Fsp3) is 0.250. The van der Waals surface area contributed by atoms with Gasteiger partial charge in [0, 0.05) is 16.7 Å². The molecule has 0 radical (unpaired) electrons. The molecule has 0 spiro atoms. The van der Waals surface area contributed by atoms with Crippen molar-refractivity contribution >= 4 is 23.2 Å². The van der Waals surface area contributed by atoms with Gasteiger partial charge in [-0.25, -0.2) is 0 Å². The van der Waals surface area contributed by atoms with Crippen LogP contribution in [0.1, 0.15) is 13.8 Å². The normalized spacial score (nSPS) is 14.8. The summed E-state index contributed by atoms with van der Waals surface area (Å²) in [6.07, 6.45) is 1.98. The van der Waals surface area contributed by atoms with E-state index in [1.54, 1.807) is 11.8 Å². The monoisotopic (exact) mass is 219 g/mol. The fourth-order valence-corrected chi connectivity index (χ4v) is 2.37. The van der Waals surface area contributed by atoms with Crippen LogP contribution in [0.2, 0.25) is 0 Å². The molecule has 1 aliphatic heterocycles. The van der Waals surface area contributed by atoms with E-state index in [2.05, 4.69) is 11.1 Å². The molecule has 1 aliphatic rings. The first-order valence-corrected chi connectivity index (χ1v) is 5.78. The Morgan fingerprint density at radius 3 is 2.93 bits per heavy atom. The Balaban J connectivity index is 2.37. The molecule has 1 aromatic rings. The summed E-state index contributed by atoms with van der Waals surface area (Å²) in [6.45, 7) is 4.67. The number of allylic oxidation sites excluding steroid dienone is 1. The second-order valence-corrected chi connectivity index (χ2v) is 4.27. The molecule has 0 aromatic heterocycles. The maximum absolute atomic E-state index is 5.53. The van der Waals surface area contributed by atoms with Crippen LogP contribution in [0.5, 0.6) is 0 Å². The number of ether oxygens (including phenoxy) is 1. The van der Waals surface area contributed by atoms with Gasteiger partial charge in [0.05, 0.1) is 12.3 Å². The zero-order chi connectivity index (χ0) is 10.7. The van der Waals surface area contributed by atoms with E-state index in [9.17, 15) is 0 Å². The summed E-state index contributed by atoms with van der Waals surface area (Å²) in [5, 5.41) is 0.920. The number of benzene rings is 1. The van der Waals surface area contributed by atoms with Crippen molar-refractivity contribution in [2.24, 2.45) is 4.99 Å². The highest BCUT2D eigenvalue weighted by Crippen LogP contribution is 2.37. The molecule has 0 saturated heterocycles. The average Bonchev–Trinajstić information content (AvgIpc) is 2.35. The minimum absolute atomic E-state index is 0.689. The molecule has 3 heteroatoms. The predicted molar refractivity (Wildman–Crippen MR) is 64.8 cm³/mol. The molecule has 2 nitrogen and oxygen atoms in total. The molecule has 0 saturated carbocycles. The lowest BCUT2D eigenvalue weighted by Crippen LogP contribution is -1.90. The van der Waals surface area contributed by atoms with Gasteiger partial charge in [-0.3, -0.25) is 4.99 Å². The van der Waals surface area contributed by atoms with E-state index < -0.39 is 0 Å². The predicted octanol–water partition coefficient (Wildman–Crippen LogP) is 3.76. The van der Waals surface area contributed by atoms with Crippen molar-refractivity contribution in [1.29, 1.82) is 0 Å². The minimum Gasteiger partial charge on any atom is -0.487 e. The largest absolute Gasteiger partial charge is 0.487 e. The van der Waals surface area contributed by atoms with Crippen molar-refractivity contribution in [1.82, 2.24) is 0 Å². The Labute approximate surface area is 94.1 Å². The van der Waals surface area contributed by atoms with Crippen LogP contribution in [0, 0.1) is 0 Å². The van der Waals surface area contributed by atoms with Crippen LogP contribution in [0.3, 0.4) is 0 Å². The third-order valence-electron chi connectivity index (χ3n) is 1.99. The number of hydrogen-bond acceptors (Lipinski definition) is 3. The summed E-state index contributed by atoms with van der Waals surface area (Å²) in [7, 11) is 0. The molecule has 0 fully saturated rings. The summed E-state index contributed by atoms with van der Waals surface area (Å²) >= 11 is 1.63. The molecule has 0 bridgehead atoms. The van der Waals surface area contributed by atoms with E-state index in [1.165, 1.54) is 0 Å². The second-order valence-electron chi connectivity index (χ2n) is 3.22. The lowest BCUT2D eigenvalue weighted by Gasteiger charge is -2.06. The van der Waals surface area contributed by atoms with E-state index in [0.717, 1.165) is 21.4 Å². The van der Waals surface area contributed by atoms with Crippen LogP contribution in [-0.2, 0) is 4.74 Å². The highest BCUT2D eigenvalue weighted by Gasteiger charge is 2.10. The van der Waals surface area contributed by atoms with E-state index in [4.69, 9.17) is 4.74 Å². The van der Waals surface area contributed by atoms with Crippen LogP contribution in [0.15, 0.2) is 45.3 Å². The van der Waals surface area contributed by atoms with Gasteiger partial charge in [0.25, 0.3) is 0 Å². The second kappa shape index (κ2) is 4.53. The van der Waals surface area contributed by atoms with E-state index >= 15 is 0 Å². The third kappa shape index (κ3) is 2.42. The van der Waals surface area contributed by atoms with E-state index in [-0.39, 0.29) is 0 Å². The first-order valence-electron chi connectivity index (χ1n) is 4.96. The number of rotatable bonds is 2. The van der Waals surface area contributed by atoms with Crippen LogP contribution in [-0.4, -0.2) is 12.3 Å². The SMILES string of the molecule is CCOC1=CC(C)=Nc2ccccc2S1. The standard InChI is InChI=1S/C12H13NOS/c1-3-14-12-8-9(2)13-10-6-4-5-7-11(10)15-12/h4-8H,3H2,1-2H3. The molecule has 1 aromatic carbocycles. The molecule has 1 heterocycles. The molecule has 0 amide bonds. The van der Waals surface area contributed by atoms with E-state index in [1.807, 2.05) is 38.1 Å². The number of para-hydroxylation sites is 1. The van der Waals surface area contributed by atoms with Crippen LogP contribution >= 0.6 is 11.8 Å². The molecule has 0 N–H and O–H groups in total. The Morgan fingerprint density at radius 1 is 1.33 bits per heavy atom. The molecule has 0 atom stereocenters. The Morgan fingerprint density at radius 2 is 2.13 bits per heavy atom. The quantitative estimate of drug-likeness (QED) is 0.755. The van der Waals surface area contributed by atoms with Gasteiger partial charge in [-0.2, -0.15) is 0 Å². The van der Waals surface area contributed by atoms with Gasteiger partial charge >= 0.3 is 0 Å². The first-order chi connectivity index (χ1) is 7.29. The summed E-state index contributed by atoms with van der Waals surface area (Å²) in [5.41, 5.74) is 2.00. The number of aliphatic imine (C=N–C) groups is 1. The summed E-state index contributed by atoms with van der Waals surface area (Å²) in [6, 6.07) is 8.11. The zero-order valence-corrected chi connectivity index (χ0v) is 9.67. The van der Waals surface area contributed by atoms with E-state index in [0.29, 0.717) is 6.61 Å². The van der Waals surface area contributed by atoms with Gasteiger partial charge < -0.3 is 4.74 Å². The van der Waals surface area contributed by atoms with Crippen LogP contribution < -0.4 is 0 Å². The molecule has 0 unspecified atom stereocenters. The minimum atomic E-state index is 0.689. The molecular weight excluding hydrogens is 206 g/mol. The highest BCUT2D eigenvalue weighted by atomic mass is 32.2. The third-order valence-corrected chi connectivity index (χ3v) is 2.99. The zero-order valence-electron chi connectivity index (χ0n) is 8.86. The summed E-state index contributed by atoms with van der Waals surface area (Å²) in [5.74, 6) is 0. The van der Waals surface area contributed by atoms with Crippen LogP contribution in [0.25, 0.3) is 0 Å². The van der Waals surface area contributed by atoms with Crippen LogP contribution in [0.4, 0.5) is 5.69 Å². The summed E-state index contributed by atoms with van der Waals surface area (Å²) < 4.78 is 5.53. The van der Waals surface area contributed by atoms with Gasteiger partial charge in [-0.15, -0.1) is 0 Å². The van der Waals surface area contributed by atoms with Gasteiger partial charge in [-0.1, -0.05) is 23.9 Å². The molecule has 15 heavy (non-hydrogen) atoms. The fourth-order valence-electron chi connectivity index (χ4n) is 1.38. The van der Waals surface area contributed by atoms with Gasteiger partial charge in [0.2, 0.25) is 0 Å². The number of nitrogens with zero attached hydrogens (tertiary/aromatic N) is 1. The maximum Gasteiger partial charge on any atom is 0.159 e. The topological polar surface area (TPSA) is 21.6 Å². The lowest BCUT2D eigenvalue weighted by molar-refractivity contribution is 0.258. The molecule has 78 valence electrons. The van der Waals surface area contributed by atoms with Gasteiger partial charge in [0.15, 0.2) is 5.09 Å². The number of hydrogen-bond donors (Lipinski definition) is 0. The van der Waals surface area contributed by atoms with Crippen molar-refractivity contribution in [3.63, 3.8) is 0 Å². The maximum atomic E-state index is 5.53. The van der Waals surface area contributed by atoms with Crippen molar-refractivity contribution in [3.05, 3.63) is 35.4 Å². The summed E-state index contributed by atoms with van der Waals surface area (Å²) in [4.78, 5) is 5.66.